The van der Waals surface area contributed by atoms with Crippen molar-refractivity contribution in [2.45, 2.75) is 30.6 Å². The van der Waals surface area contributed by atoms with Crippen LogP contribution in [-0.4, -0.2) is 44.2 Å². The fourth-order valence-electron chi connectivity index (χ4n) is 4.18. The number of carbonyl (C=O) groups excluding carboxylic acids is 1. The van der Waals surface area contributed by atoms with Gasteiger partial charge in [-0.05, 0) is 64.6 Å². The van der Waals surface area contributed by atoms with Crippen LogP contribution in [0.25, 0.3) is 11.1 Å². The molecule has 196 valence electrons. The van der Waals surface area contributed by atoms with E-state index in [0.29, 0.717) is 32.3 Å². The fourth-order valence-corrected chi connectivity index (χ4v) is 5.13. The third kappa shape index (κ3) is 7.15. The summed E-state index contributed by atoms with van der Waals surface area (Å²) >= 11 is 0. The number of pyridine rings is 1. The zero-order chi connectivity index (χ0) is 27.0. The Morgan fingerprint density at radius 3 is 2.39 bits per heavy atom. The largest absolute Gasteiger partial charge is 0.493 e. The second-order valence-electron chi connectivity index (χ2n) is 9.29. The summed E-state index contributed by atoms with van der Waals surface area (Å²) in [7, 11) is -0.457. The highest BCUT2D eigenvalue weighted by molar-refractivity contribution is 7.89. The van der Waals surface area contributed by atoms with Crippen molar-refractivity contribution < 1.29 is 17.9 Å². The van der Waals surface area contributed by atoms with Gasteiger partial charge in [0.1, 0.15) is 11.5 Å². The number of hydrogen-bond donors (Lipinski definition) is 0. The monoisotopic (exact) mass is 528 g/mol. The van der Waals surface area contributed by atoms with Gasteiger partial charge in [-0.2, -0.15) is 0 Å². The Bertz CT molecular complexity index is 1470. The summed E-state index contributed by atoms with van der Waals surface area (Å²) in [6.45, 7) is 0.468. The lowest BCUT2D eigenvalue weighted by molar-refractivity contribution is -0.118. The van der Waals surface area contributed by atoms with Gasteiger partial charge in [0.2, 0.25) is 10.0 Å². The Morgan fingerprint density at radius 1 is 0.868 bits per heavy atom. The number of aryl methyl sites for hydroxylation is 1. The zero-order valence-corrected chi connectivity index (χ0v) is 22.5. The number of sulfonamides is 1. The molecule has 3 aromatic carbocycles. The van der Waals surface area contributed by atoms with Gasteiger partial charge in [0.15, 0.2) is 0 Å². The van der Waals surface area contributed by atoms with Crippen molar-refractivity contribution >= 4 is 15.8 Å². The van der Waals surface area contributed by atoms with Crippen LogP contribution in [-0.2, 0) is 34.1 Å². The maximum Gasteiger partial charge on any atom is 0.242 e. The molecule has 1 heterocycles. The van der Waals surface area contributed by atoms with Gasteiger partial charge in [-0.3, -0.25) is 9.78 Å². The molecule has 0 radical (unpaired) electrons. The van der Waals surface area contributed by atoms with Crippen LogP contribution in [0.15, 0.2) is 102 Å². The van der Waals surface area contributed by atoms with E-state index in [1.165, 1.54) is 18.4 Å². The molecule has 0 N–H and O–H groups in total. The van der Waals surface area contributed by atoms with Crippen molar-refractivity contribution in [3.8, 4) is 16.9 Å². The number of aromatic nitrogens is 1. The lowest BCUT2D eigenvalue weighted by atomic mass is 9.98. The van der Waals surface area contributed by atoms with E-state index in [0.717, 1.165) is 33.6 Å². The third-order valence-electron chi connectivity index (χ3n) is 6.32. The summed E-state index contributed by atoms with van der Waals surface area (Å²) in [5.74, 6) is 0.940. The van der Waals surface area contributed by atoms with Crippen LogP contribution in [0.1, 0.15) is 23.1 Å². The quantitative estimate of drug-likeness (QED) is 0.247. The van der Waals surface area contributed by atoms with Gasteiger partial charge < -0.3 is 4.74 Å². The van der Waals surface area contributed by atoms with E-state index in [1.807, 2.05) is 66.7 Å². The summed E-state index contributed by atoms with van der Waals surface area (Å²) in [6, 6.07) is 26.5. The number of Topliss-reactive ketones (excluding diaryl/α,β-unsaturated/α-hetero) is 1. The minimum Gasteiger partial charge on any atom is -0.493 e. The highest BCUT2D eigenvalue weighted by Crippen LogP contribution is 2.27. The van der Waals surface area contributed by atoms with Crippen LogP contribution in [0.4, 0.5) is 0 Å². The van der Waals surface area contributed by atoms with E-state index in [1.54, 1.807) is 30.6 Å². The van der Waals surface area contributed by atoms with Crippen molar-refractivity contribution in [2.24, 2.45) is 0 Å². The van der Waals surface area contributed by atoms with Crippen molar-refractivity contribution in [1.82, 2.24) is 9.29 Å². The molecule has 0 aliphatic rings. The first-order valence-electron chi connectivity index (χ1n) is 12.6. The van der Waals surface area contributed by atoms with Crippen LogP contribution in [0.3, 0.4) is 0 Å². The van der Waals surface area contributed by atoms with E-state index in [-0.39, 0.29) is 10.7 Å². The molecule has 0 fully saturated rings. The summed E-state index contributed by atoms with van der Waals surface area (Å²) in [5, 5.41) is 0. The Morgan fingerprint density at radius 2 is 1.66 bits per heavy atom. The Labute approximate surface area is 225 Å². The molecular weight excluding hydrogens is 496 g/mol. The van der Waals surface area contributed by atoms with Crippen molar-refractivity contribution in [1.29, 1.82) is 0 Å². The van der Waals surface area contributed by atoms with Gasteiger partial charge in [0.25, 0.3) is 0 Å². The number of benzene rings is 3. The third-order valence-corrected chi connectivity index (χ3v) is 8.13. The van der Waals surface area contributed by atoms with Gasteiger partial charge in [0.05, 0.1) is 11.5 Å². The maximum atomic E-state index is 12.6. The lowest BCUT2D eigenvalue weighted by Gasteiger charge is -2.14. The van der Waals surface area contributed by atoms with Gasteiger partial charge in [-0.15, -0.1) is 0 Å². The SMILES string of the molecule is CN(C)S(=O)(=O)c1cccc(-c2ccccc2CCOc2ccc(CC(=O)CCc3cccnc3)cc2)c1. The number of hydrogen-bond acceptors (Lipinski definition) is 5. The Kier molecular flexibility index (Phi) is 9.05. The number of nitrogens with zero attached hydrogens (tertiary/aromatic N) is 2. The molecule has 0 aliphatic carbocycles. The number of ether oxygens (including phenoxy) is 1. The smallest absolute Gasteiger partial charge is 0.242 e. The molecule has 7 heteroatoms. The molecule has 6 nitrogen and oxygen atoms in total. The molecule has 0 saturated heterocycles. The molecular formula is C31H32N2O4S. The molecule has 0 spiro atoms. The number of ketones is 1. The van der Waals surface area contributed by atoms with Crippen LogP contribution >= 0.6 is 0 Å². The summed E-state index contributed by atoms with van der Waals surface area (Å²) < 4.78 is 32.4. The average molecular weight is 529 g/mol. The van der Waals surface area contributed by atoms with Crippen molar-refractivity contribution in [2.75, 3.05) is 20.7 Å². The van der Waals surface area contributed by atoms with Crippen LogP contribution in [0.5, 0.6) is 5.75 Å². The first-order chi connectivity index (χ1) is 18.3. The molecule has 0 atom stereocenters. The molecule has 0 unspecified atom stereocenters. The van der Waals surface area contributed by atoms with Crippen molar-refractivity contribution in [3.05, 3.63) is 114 Å². The standard InChI is InChI=1S/C31H32N2O4S/c1-33(2)38(35,36)30-10-5-9-27(22-30)31-11-4-3-8-26(31)18-20-37-29-16-13-24(14-17-29)21-28(34)15-12-25-7-6-19-32-23-25/h3-11,13-14,16-17,19,22-23H,12,15,18,20-21H2,1-2H3. The molecule has 4 rings (SSSR count). The molecule has 0 aliphatic heterocycles. The van der Waals surface area contributed by atoms with Crippen LogP contribution in [0, 0.1) is 0 Å². The molecule has 4 aromatic rings. The van der Waals surface area contributed by atoms with E-state index >= 15 is 0 Å². The first kappa shape index (κ1) is 27.2. The summed E-state index contributed by atoms with van der Waals surface area (Å²) in [4.78, 5) is 16.7. The predicted octanol–water partition coefficient (Wildman–Crippen LogP) is 5.36. The number of carbonyl (C=O) groups is 1. The second kappa shape index (κ2) is 12.6. The maximum absolute atomic E-state index is 12.6. The van der Waals surface area contributed by atoms with Crippen molar-refractivity contribution in [3.63, 3.8) is 0 Å². The highest BCUT2D eigenvalue weighted by Gasteiger charge is 2.18. The van der Waals surface area contributed by atoms with Gasteiger partial charge in [0, 0.05) is 45.8 Å². The minimum atomic E-state index is -3.52. The predicted molar refractivity (Wildman–Crippen MR) is 150 cm³/mol. The van der Waals surface area contributed by atoms with E-state index in [2.05, 4.69) is 4.98 Å². The Balaban J connectivity index is 1.33. The highest BCUT2D eigenvalue weighted by atomic mass is 32.2. The molecule has 0 bridgehead atoms. The number of rotatable bonds is 12. The minimum absolute atomic E-state index is 0.196. The summed E-state index contributed by atoms with van der Waals surface area (Å²) in [5.41, 5.74) is 4.93. The summed E-state index contributed by atoms with van der Waals surface area (Å²) in [6.07, 6.45) is 5.78. The topological polar surface area (TPSA) is 76.6 Å². The normalized spacial score (nSPS) is 11.4. The van der Waals surface area contributed by atoms with Gasteiger partial charge in [-0.25, -0.2) is 12.7 Å². The molecule has 0 saturated carbocycles. The second-order valence-corrected chi connectivity index (χ2v) is 11.4. The molecule has 38 heavy (non-hydrogen) atoms. The van der Waals surface area contributed by atoms with Crippen LogP contribution in [0.2, 0.25) is 0 Å². The van der Waals surface area contributed by atoms with E-state index < -0.39 is 10.0 Å². The fraction of sp³-hybridized carbons (Fsp3) is 0.226. The zero-order valence-electron chi connectivity index (χ0n) is 21.7. The first-order valence-corrected chi connectivity index (χ1v) is 14.0. The molecule has 1 aromatic heterocycles. The van der Waals surface area contributed by atoms with Crippen LogP contribution < -0.4 is 4.74 Å². The average Bonchev–Trinajstić information content (AvgIpc) is 2.94. The van der Waals surface area contributed by atoms with E-state index in [4.69, 9.17) is 4.74 Å². The van der Waals surface area contributed by atoms with Gasteiger partial charge >= 0.3 is 0 Å². The van der Waals surface area contributed by atoms with Gasteiger partial charge in [-0.1, -0.05) is 54.6 Å². The molecule has 0 amide bonds. The Hall–Kier alpha value is -3.81. The lowest BCUT2D eigenvalue weighted by Crippen LogP contribution is -2.22. The van der Waals surface area contributed by atoms with E-state index in [9.17, 15) is 13.2 Å².